The molecular formula is C24H21NO4. The molecule has 5 heteroatoms. The van der Waals surface area contributed by atoms with Crippen molar-refractivity contribution in [1.82, 2.24) is 0 Å². The van der Waals surface area contributed by atoms with Gasteiger partial charge >= 0.3 is 5.97 Å². The lowest BCUT2D eigenvalue weighted by Gasteiger charge is -2.17. The van der Waals surface area contributed by atoms with Crippen LogP contribution in [0.15, 0.2) is 54.6 Å². The number of allylic oxidation sites excluding steroid dienone is 2. The first-order chi connectivity index (χ1) is 14.0. The van der Waals surface area contributed by atoms with Crippen molar-refractivity contribution in [2.24, 2.45) is 23.7 Å². The van der Waals surface area contributed by atoms with Crippen molar-refractivity contribution in [3.05, 3.63) is 71.3 Å². The first-order valence-corrected chi connectivity index (χ1v) is 9.90. The van der Waals surface area contributed by atoms with Crippen LogP contribution in [0.1, 0.15) is 27.9 Å². The topological polar surface area (TPSA) is 63.7 Å². The van der Waals surface area contributed by atoms with Gasteiger partial charge in [-0.2, -0.15) is 0 Å². The third-order valence-corrected chi connectivity index (χ3v) is 6.44. The molecule has 5 rings (SSSR count). The summed E-state index contributed by atoms with van der Waals surface area (Å²) in [5.74, 6) is -0.256. The van der Waals surface area contributed by atoms with Crippen molar-refractivity contribution >= 4 is 23.5 Å². The van der Waals surface area contributed by atoms with Crippen LogP contribution in [0.4, 0.5) is 5.69 Å². The molecule has 1 saturated heterocycles. The zero-order valence-electron chi connectivity index (χ0n) is 16.3. The Kier molecular flexibility index (Phi) is 3.95. The highest BCUT2D eigenvalue weighted by atomic mass is 16.5. The molecule has 1 saturated carbocycles. The fourth-order valence-corrected chi connectivity index (χ4v) is 5.02. The highest BCUT2D eigenvalue weighted by Gasteiger charge is 2.59. The molecule has 5 nitrogen and oxygen atoms in total. The van der Waals surface area contributed by atoms with Crippen LogP contribution in [0.25, 0.3) is 0 Å². The van der Waals surface area contributed by atoms with Crippen LogP contribution in [0.5, 0.6) is 5.75 Å². The molecule has 0 unspecified atom stereocenters. The number of hydrogen-bond acceptors (Lipinski definition) is 4. The SMILES string of the molecule is Cc1cccc(C)c1OC(=O)c1ccc(N2C(=O)[C@@H]3[C@H](C2=O)[C@H]2C=C[C@@H]3C2)cc1. The third-order valence-electron chi connectivity index (χ3n) is 6.44. The number of rotatable bonds is 3. The van der Waals surface area contributed by atoms with Crippen molar-refractivity contribution in [2.75, 3.05) is 4.90 Å². The number of hydrogen-bond donors (Lipinski definition) is 0. The number of para-hydroxylation sites is 1. The van der Waals surface area contributed by atoms with Gasteiger partial charge in [0.25, 0.3) is 0 Å². The largest absolute Gasteiger partial charge is 0.422 e. The number of fused-ring (bicyclic) bond motifs is 5. The van der Waals surface area contributed by atoms with Gasteiger partial charge in [0.1, 0.15) is 5.75 Å². The van der Waals surface area contributed by atoms with E-state index >= 15 is 0 Å². The molecule has 2 aliphatic carbocycles. The molecule has 4 atom stereocenters. The Labute approximate surface area is 169 Å². The summed E-state index contributed by atoms with van der Waals surface area (Å²) in [7, 11) is 0. The molecule has 29 heavy (non-hydrogen) atoms. The highest BCUT2D eigenvalue weighted by Crippen LogP contribution is 2.53. The maximum absolute atomic E-state index is 12.9. The van der Waals surface area contributed by atoms with Crippen LogP contribution in [-0.4, -0.2) is 17.8 Å². The maximum atomic E-state index is 12.9. The minimum absolute atomic E-state index is 0.122. The number of amides is 2. The monoisotopic (exact) mass is 387 g/mol. The number of anilines is 1. The van der Waals surface area contributed by atoms with E-state index in [4.69, 9.17) is 4.74 Å². The summed E-state index contributed by atoms with van der Waals surface area (Å²) in [6.45, 7) is 3.78. The number of esters is 1. The molecule has 0 spiro atoms. The van der Waals surface area contributed by atoms with Crippen LogP contribution in [0, 0.1) is 37.5 Å². The zero-order chi connectivity index (χ0) is 20.3. The molecule has 0 N–H and O–H groups in total. The number of carbonyl (C=O) groups is 3. The molecule has 2 aromatic carbocycles. The van der Waals surface area contributed by atoms with Crippen LogP contribution < -0.4 is 9.64 Å². The lowest BCUT2D eigenvalue weighted by atomic mass is 9.85. The molecular weight excluding hydrogens is 366 g/mol. The van der Waals surface area contributed by atoms with Gasteiger partial charge < -0.3 is 4.74 Å². The zero-order valence-corrected chi connectivity index (χ0v) is 16.3. The summed E-state index contributed by atoms with van der Waals surface area (Å²) in [5, 5.41) is 0. The minimum Gasteiger partial charge on any atom is -0.422 e. The van der Waals surface area contributed by atoms with Crippen molar-refractivity contribution in [2.45, 2.75) is 20.3 Å². The summed E-state index contributed by atoms with van der Waals surface area (Å²) < 4.78 is 5.57. The van der Waals surface area contributed by atoms with Gasteiger partial charge in [0.2, 0.25) is 11.8 Å². The van der Waals surface area contributed by atoms with E-state index in [0.717, 1.165) is 17.5 Å². The average Bonchev–Trinajstić information content (AvgIpc) is 3.39. The number of aryl methyl sites for hydroxylation is 2. The Morgan fingerprint density at radius 3 is 2.00 bits per heavy atom. The van der Waals surface area contributed by atoms with E-state index in [-0.39, 0.29) is 35.5 Å². The summed E-state index contributed by atoms with van der Waals surface area (Å²) in [6.07, 6.45) is 5.06. The van der Waals surface area contributed by atoms with Crippen LogP contribution >= 0.6 is 0 Å². The van der Waals surface area contributed by atoms with E-state index in [9.17, 15) is 14.4 Å². The number of imide groups is 1. The van der Waals surface area contributed by atoms with Crippen LogP contribution in [0.2, 0.25) is 0 Å². The molecule has 3 aliphatic rings. The fraction of sp³-hybridized carbons (Fsp3) is 0.292. The number of nitrogens with zero attached hydrogens (tertiary/aromatic N) is 1. The van der Waals surface area contributed by atoms with Crippen LogP contribution in [-0.2, 0) is 9.59 Å². The highest BCUT2D eigenvalue weighted by molar-refractivity contribution is 6.22. The van der Waals surface area contributed by atoms with E-state index < -0.39 is 5.97 Å². The molecule has 146 valence electrons. The van der Waals surface area contributed by atoms with E-state index in [1.807, 2.05) is 32.0 Å². The molecule has 1 heterocycles. The molecule has 1 aliphatic heterocycles. The lowest BCUT2D eigenvalue weighted by molar-refractivity contribution is -0.123. The van der Waals surface area contributed by atoms with Crippen molar-refractivity contribution in [1.29, 1.82) is 0 Å². The number of benzene rings is 2. The van der Waals surface area contributed by atoms with Gasteiger partial charge in [0.05, 0.1) is 23.1 Å². The first kappa shape index (κ1) is 17.9. The lowest BCUT2D eigenvalue weighted by Crippen LogP contribution is -2.32. The molecule has 2 aromatic rings. The van der Waals surface area contributed by atoms with Gasteiger partial charge in [-0.25, -0.2) is 4.79 Å². The molecule has 0 aromatic heterocycles. The molecule has 2 amide bonds. The maximum Gasteiger partial charge on any atom is 0.343 e. The standard InChI is InChI=1S/C24H21NO4/c1-13-4-3-5-14(2)21(13)29-24(28)15-8-10-18(11-9-15)25-22(26)19-16-6-7-17(12-16)20(19)23(25)27/h3-11,16-17,19-20H,12H2,1-2H3/t16-,17+,19+,20-. The Morgan fingerprint density at radius 1 is 0.897 bits per heavy atom. The van der Waals surface area contributed by atoms with Crippen molar-refractivity contribution in [3.8, 4) is 5.75 Å². The fourth-order valence-electron chi connectivity index (χ4n) is 5.02. The van der Waals surface area contributed by atoms with Gasteiger partial charge in [-0.3, -0.25) is 14.5 Å². The predicted molar refractivity (Wildman–Crippen MR) is 108 cm³/mol. The number of ether oxygens (including phenoxy) is 1. The van der Waals surface area contributed by atoms with E-state index in [0.29, 0.717) is 17.0 Å². The van der Waals surface area contributed by atoms with Gasteiger partial charge in [0, 0.05) is 0 Å². The van der Waals surface area contributed by atoms with Crippen molar-refractivity contribution in [3.63, 3.8) is 0 Å². The van der Waals surface area contributed by atoms with Crippen molar-refractivity contribution < 1.29 is 19.1 Å². The smallest absolute Gasteiger partial charge is 0.343 e. The second-order valence-corrected chi connectivity index (χ2v) is 8.17. The second-order valence-electron chi connectivity index (χ2n) is 8.17. The Balaban J connectivity index is 1.36. The summed E-state index contributed by atoms with van der Waals surface area (Å²) in [4.78, 5) is 39.7. The Hall–Kier alpha value is -3.21. The molecule has 0 radical (unpaired) electrons. The molecule has 2 bridgehead atoms. The normalized spacial score (nSPS) is 26.9. The summed E-state index contributed by atoms with van der Waals surface area (Å²) >= 11 is 0. The number of carbonyl (C=O) groups excluding carboxylic acids is 3. The first-order valence-electron chi connectivity index (χ1n) is 9.90. The summed E-state index contributed by atoms with van der Waals surface area (Å²) in [6, 6.07) is 12.2. The van der Waals surface area contributed by atoms with Gasteiger partial charge in [-0.1, -0.05) is 30.4 Å². The second kappa shape index (κ2) is 6.41. The van der Waals surface area contributed by atoms with E-state index in [2.05, 4.69) is 12.2 Å². The van der Waals surface area contributed by atoms with Gasteiger partial charge in [-0.15, -0.1) is 0 Å². The van der Waals surface area contributed by atoms with Crippen LogP contribution in [0.3, 0.4) is 0 Å². The molecule has 2 fully saturated rings. The Morgan fingerprint density at radius 2 is 1.45 bits per heavy atom. The van der Waals surface area contributed by atoms with Gasteiger partial charge in [-0.05, 0) is 67.5 Å². The quantitative estimate of drug-likeness (QED) is 0.347. The minimum atomic E-state index is -0.466. The predicted octanol–water partition coefficient (Wildman–Crippen LogP) is 3.83. The van der Waals surface area contributed by atoms with E-state index in [1.54, 1.807) is 24.3 Å². The van der Waals surface area contributed by atoms with E-state index in [1.165, 1.54) is 4.90 Å². The summed E-state index contributed by atoms with van der Waals surface area (Å²) in [5.41, 5.74) is 2.66. The Bertz CT molecular complexity index is 1020. The van der Waals surface area contributed by atoms with Gasteiger partial charge in [0.15, 0.2) is 0 Å². The third kappa shape index (κ3) is 2.64. The average molecular weight is 387 g/mol.